The zero-order valence-corrected chi connectivity index (χ0v) is 16.3. The summed E-state index contributed by atoms with van der Waals surface area (Å²) in [5.41, 5.74) is 5.49. The molecule has 1 aromatic carbocycles. The first kappa shape index (κ1) is 18.3. The van der Waals surface area contributed by atoms with Crippen molar-refractivity contribution in [3.05, 3.63) is 58.0 Å². The summed E-state index contributed by atoms with van der Waals surface area (Å²) in [5.74, 6) is 2.63. The van der Waals surface area contributed by atoms with Crippen LogP contribution in [0.15, 0.2) is 22.7 Å². The zero-order chi connectivity index (χ0) is 18.8. The molecule has 2 aromatic heterocycles. The Labute approximate surface area is 154 Å². The minimum atomic E-state index is 0.157. The molecule has 0 aliphatic heterocycles. The molecule has 0 radical (unpaired) electrons. The van der Waals surface area contributed by atoms with Crippen LogP contribution in [-0.2, 0) is 17.8 Å². The summed E-state index contributed by atoms with van der Waals surface area (Å²) in [5, 5.41) is 8.77. The minimum absolute atomic E-state index is 0.157. The monoisotopic (exact) mass is 354 g/mol. The van der Waals surface area contributed by atoms with Crippen LogP contribution in [0.3, 0.4) is 0 Å². The lowest BCUT2D eigenvalue weighted by Gasteiger charge is -2.14. The Morgan fingerprint density at radius 3 is 2.62 bits per heavy atom. The largest absolute Gasteiger partial charge is 0.377 e. The van der Waals surface area contributed by atoms with Crippen LogP contribution in [0.1, 0.15) is 52.6 Å². The molecule has 26 heavy (non-hydrogen) atoms. The van der Waals surface area contributed by atoms with Gasteiger partial charge in [0.1, 0.15) is 18.2 Å². The van der Waals surface area contributed by atoms with E-state index in [0.717, 1.165) is 40.5 Å². The molecule has 1 unspecified atom stereocenters. The van der Waals surface area contributed by atoms with Crippen molar-refractivity contribution < 1.29 is 9.26 Å². The van der Waals surface area contributed by atoms with Crippen LogP contribution in [0.5, 0.6) is 0 Å². The third-order valence-electron chi connectivity index (χ3n) is 4.67. The van der Waals surface area contributed by atoms with Crippen LogP contribution in [-0.4, -0.2) is 27.0 Å². The van der Waals surface area contributed by atoms with Gasteiger partial charge in [-0.05, 0) is 51.3 Å². The smallest absolute Gasteiger partial charge is 0.176 e. The third kappa shape index (κ3) is 3.55. The van der Waals surface area contributed by atoms with Gasteiger partial charge in [-0.15, -0.1) is 5.10 Å². The van der Waals surface area contributed by atoms with Gasteiger partial charge < -0.3 is 9.26 Å². The highest BCUT2D eigenvalue weighted by Gasteiger charge is 2.22. The average molecular weight is 354 g/mol. The molecule has 6 nitrogen and oxygen atoms in total. The Balaban J connectivity index is 2.04. The molecule has 0 fully saturated rings. The number of nitrogens with zero attached hydrogens (tertiary/aromatic N) is 4. The van der Waals surface area contributed by atoms with Gasteiger partial charge in [-0.3, -0.25) is 0 Å². The van der Waals surface area contributed by atoms with Gasteiger partial charge >= 0.3 is 0 Å². The van der Waals surface area contributed by atoms with E-state index in [-0.39, 0.29) is 5.92 Å². The molecule has 0 saturated heterocycles. The molecule has 3 rings (SSSR count). The van der Waals surface area contributed by atoms with E-state index in [1.54, 1.807) is 7.11 Å². The van der Waals surface area contributed by atoms with Crippen LogP contribution < -0.4 is 0 Å². The highest BCUT2D eigenvalue weighted by atomic mass is 16.5. The van der Waals surface area contributed by atoms with Crippen LogP contribution in [0.4, 0.5) is 0 Å². The molecule has 138 valence electrons. The van der Waals surface area contributed by atoms with Crippen molar-refractivity contribution in [2.24, 2.45) is 0 Å². The summed E-state index contributed by atoms with van der Waals surface area (Å²) in [6.45, 7) is 10.7. The van der Waals surface area contributed by atoms with E-state index in [1.165, 1.54) is 5.56 Å². The molecular formula is C20H26N4O2. The predicted molar refractivity (Wildman–Crippen MR) is 99.6 cm³/mol. The second kappa shape index (κ2) is 7.41. The molecule has 0 bridgehead atoms. The number of hydrogen-bond acceptors (Lipinski definition) is 5. The molecule has 6 heteroatoms. The Bertz CT molecular complexity index is 891. The highest BCUT2D eigenvalue weighted by molar-refractivity contribution is 5.43. The number of benzene rings is 1. The first-order valence-electron chi connectivity index (χ1n) is 8.84. The Hall–Kier alpha value is -2.47. The number of rotatable bonds is 6. The first-order valence-corrected chi connectivity index (χ1v) is 8.84. The van der Waals surface area contributed by atoms with E-state index in [1.807, 2.05) is 18.5 Å². The van der Waals surface area contributed by atoms with Crippen molar-refractivity contribution in [1.82, 2.24) is 19.9 Å². The molecule has 2 heterocycles. The highest BCUT2D eigenvalue weighted by Crippen LogP contribution is 2.26. The van der Waals surface area contributed by atoms with Crippen molar-refractivity contribution in [2.45, 2.75) is 53.6 Å². The molecule has 0 spiro atoms. The van der Waals surface area contributed by atoms with E-state index in [4.69, 9.17) is 19.3 Å². The fourth-order valence-corrected chi connectivity index (χ4v) is 3.19. The summed E-state index contributed by atoms with van der Waals surface area (Å²) in [6, 6.07) is 6.37. The molecule has 0 amide bonds. The van der Waals surface area contributed by atoms with E-state index >= 15 is 0 Å². The van der Waals surface area contributed by atoms with E-state index in [2.05, 4.69) is 44.1 Å². The lowest BCUT2D eigenvalue weighted by atomic mass is 9.99. The van der Waals surface area contributed by atoms with Gasteiger partial charge in [0, 0.05) is 18.6 Å². The first-order chi connectivity index (χ1) is 12.4. The van der Waals surface area contributed by atoms with Gasteiger partial charge in [0.2, 0.25) is 0 Å². The lowest BCUT2D eigenvalue weighted by molar-refractivity contribution is 0.178. The Kier molecular flexibility index (Phi) is 5.23. The molecule has 0 N–H and O–H groups in total. The fourth-order valence-electron chi connectivity index (χ4n) is 3.19. The maximum atomic E-state index is 5.31. The normalized spacial score (nSPS) is 12.5. The molecule has 0 saturated carbocycles. The standard InChI is InChI=1S/C20H26N4O2/c1-12-7-8-13(2)18(9-12)24-20(21-19(22-24)11-25-6)14(3)10-17-15(4)23-26-16(17)5/h7-9,14H,10-11H2,1-6H3. The maximum absolute atomic E-state index is 5.31. The Morgan fingerprint density at radius 1 is 1.19 bits per heavy atom. The molecule has 1 atom stereocenters. The van der Waals surface area contributed by atoms with Crippen molar-refractivity contribution in [3.8, 4) is 5.69 Å². The van der Waals surface area contributed by atoms with Gasteiger partial charge in [0.25, 0.3) is 0 Å². The van der Waals surface area contributed by atoms with Crippen LogP contribution in [0, 0.1) is 27.7 Å². The van der Waals surface area contributed by atoms with Crippen LogP contribution in [0.25, 0.3) is 5.69 Å². The van der Waals surface area contributed by atoms with Gasteiger partial charge in [-0.1, -0.05) is 24.2 Å². The fraction of sp³-hybridized carbons (Fsp3) is 0.450. The van der Waals surface area contributed by atoms with Crippen molar-refractivity contribution in [3.63, 3.8) is 0 Å². The van der Waals surface area contributed by atoms with Gasteiger partial charge in [0.05, 0.1) is 11.4 Å². The second-order valence-electron chi connectivity index (χ2n) is 6.93. The van der Waals surface area contributed by atoms with Crippen LogP contribution >= 0.6 is 0 Å². The van der Waals surface area contributed by atoms with Gasteiger partial charge in [0.15, 0.2) is 5.82 Å². The number of ether oxygens (including phenoxy) is 1. The summed E-state index contributed by atoms with van der Waals surface area (Å²) < 4.78 is 12.5. The summed E-state index contributed by atoms with van der Waals surface area (Å²) in [6.07, 6.45) is 0.803. The van der Waals surface area contributed by atoms with Crippen molar-refractivity contribution in [2.75, 3.05) is 7.11 Å². The maximum Gasteiger partial charge on any atom is 0.176 e. The quantitative estimate of drug-likeness (QED) is 0.670. The molecule has 3 aromatic rings. The topological polar surface area (TPSA) is 66.0 Å². The van der Waals surface area contributed by atoms with Gasteiger partial charge in [-0.2, -0.15) is 0 Å². The summed E-state index contributed by atoms with van der Waals surface area (Å²) in [7, 11) is 1.66. The predicted octanol–water partition coefficient (Wildman–Crippen LogP) is 3.98. The number of hydrogen-bond donors (Lipinski definition) is 0. The van der Waals surface area contributed by atoms with Crippen molar-refractivity contribution >= 4 is 0 Å². The van der Waals surface area contributed by atoms with E-state index in [0.29, 0.717) is 12.4 Å². The summed E-state index contributed by atoms with van der Waals surface area (Å²) >= 11 is 0. The third-order valence-corrected chi connectivity index (χ3v) is 4.67. The zero-order valence-electron chi connectivity index (χ0n) is 16.3. The summed E-state index contributed by atoms with van der Waals surface area (Å²) in [4.78, 5) is 4.76. The molecular weight excluding hydrogens is 328 g/mol. The number of aryl methyl sites for hydroxylation is 4. The molecule has 0 aliphatic carbocycles. The van der Waals surface area contributed by atoms with Crippen LogP contribution in [0.2, 0.25) is 0 Å². The average Bonchev–Trinajstić information content (AvgIpc) is 3.16. The second-order valence-corrected chi connectivity index (χ2v) is 6.93. The number of methoxy groups -OCH3 is 1. The molecule has 0 aliphatic rings. The SMILES string of the molecule is COCc1nc(C(C)Cc2c(C)noc2C)n(-c2cc(C)ccc2C)n1. The Morgan fingerprint density at radius 2 is 1.96 bits per heavy atom. The van der Waals surface area contributed by atoms with E-state index in [9.17, 15) is 0 Å². The number of aromatic nitrogens is 4. The minimum Gasteiger partial charge on any atom is -0.377 e. The lowest BCUT2D eigenvalue weighted by Crippen LogP contribution is -2.11. The van der Waals surface area contributed by atoms with E-state index < -0.39 is 0 Å². The van der Waals surface area contributed by atoms with Gasteiger partial charge in [-0.25, -0.2) is 9.67 Å². The van der Waals surface area contributed by atoms with Crippen molar-refractivity contribution in [1.29, 1.82) is 0 Å².